The Morgan fingerprint density at radius 2 is 1.88 bits per heavy atom. The Morgan fingerprint density at radius 3 is 2.65 bits per heavy atom. The fourth-order valence-electron chi connectivity index (χ4n) is 4.11. The van der Waals surface area contributed by atoms with Crippen molar-refractivity contribution in [2.24, 2.45) is 0 Å². The zero-order valence-corrected chi connectivity index (χ0v) is 20.9. The van der Waals surface area contributed by atoms with E-state index >= 15 is 0 Å². The summed E-state index contributed by atoms with van der Waals surface area (Å²) in [6.07, 6.45) is 2.37. The summed E-state index contributed by atoms with van der Waals surface area (Å²) in [6.45, 7) is 12.0. The van der Waals surface area contributed by atoms with E-state index in [9.17, 15) is 4.39 Å². The van der Waals surface area contributed by atoms with Crippen molar-refractivity contribution in [3.05, 3.63) is 87.9 Å². The molecule has 3 aromatic rings. The van der Waals surface area contributed by atoms with Crippen LogP contribution in [0.25, 0.3) is 16.8 Å². The summed E-state index contributed by atoms with van der Waals surface area (Å²) in [6, 6.07) is 13.0. The summed E-state index contributed by atoms with van der Waals surface area (Å²) >= 11 is 12.4. The van der Waals surface area contributed by atoms with Gasteiger partial charge in [0.25, 0.3) is 0 Å². The maximum atomic E-state index is 14.0. The van der Waals surface area contributed by atoms with E-state index in [1.165, 1.54) is 12.1 Å². The van der Waals surface area contributed by atoms with Crippen molar-refractivity contribution in [3.8, 4) is 16.9 Å². The molecule has 4 rings (SSSR count). The second-order valence-electron chi connectivity index (χ2n) is 8.44. The molecule has 0 bridgehead atoms. The molecule has 1 N–H and O–H groups in total. The van der Waals surface area contributed by atoms with Crippen molar-refractivity contribution < 1.29 is 9.13 Å². The monoisotopic (exact) mass is 499 g/mol. The Morgan fingerprint density at radius 1 is 1.12 bits per heavy atom. The van der Waals surface area contributed by atoms with Gasteiger partial charge in [-0.15, -0.1) is 0 Å². The van der Waals surface area contributed by atoms with Gasteiger partial charge in [0.05, 0.1) is 10.7 Å². The van der Waals surface area contributed by atoms with E-state index in [2.05, 4.69) is 46.0 Å². The van der Waals surface area contributed by atoms with Crippen LogP contribution in [0.15, 0.2) is 55.2 Å². The first-order valence-electron chi connectivity index (χ1n) is 11.4. The van der Waals surface area contributed by atoms with Gasteiger partial charge in [-0.05, 0) is 56.1 Å². The largest absolute Gasteiger partial charge is 0.484 e. The van der Waals surface area contributed by atoms with Gasteiger partial charge in [0.2, 0.25) is 0 Å². The summed E-state index contributed by atoms with van der Waals surface area (Å²) < 4.78 is 20.1. The van der Waals surface area contributed by atoms with E-state index < -0.39 is 11.9 Å². The van der Waals surface area contributed by atoms with Crippen molar-refractivity contribution in [2.75, 3.05) is 26.2 Å². The van der Waals surface area contributed by atoms with Gasteiger partial charge in [-0.25, -0.2) is 4.39 Å². The van der Waals surface area contributed by atoms with Crippen LogP contribution in [0, 0.1) is 12.7 Å². The molecular formula is C27H28Cl2FN3O. The molecule has 4 nitrogen and oxygen atoms in total. The number of halogens is 3. The lowest BCUT2D eigenvalue weighted by Crippen LogP contribution is -2.26. The van der Waals surface area contributed by atoms with Crippen LogP contribution in [0.1, 0.15) is 36.3 Å². The minimum atomic E-state index is -0.555. The lowest BCUT2D eigenvalue weighted by molar-refractivity contribution is 0.224. The number of hydrogen-bond donors (Lipinski definition) is 1. The number of aromatic nitrogens is 1. The van der Waals surface area contributed by atoms with E-state index in [1.807, 2.05) is 19.2 Å². The summed E-state index contributed by atoms with van der Waals surface area (Å²) in [4.78, 5) is 6.84. The first-order chi connectivity index (χ1) is 16.3. The quantitative estimate of drug-likeness (QED) is 0.374. The molecule has 0 amide bonds. The van der Waals surface area contributed by atoms with Crippen LogP contribution >= 0.6 is 23.2 Å². The van der Waals surface area contributed by atoms with Gasteiger partial charge < -0.3 is 15.0 Å². The fourth-order valence-corrected chi connectivity index (χ4v) is 4.79. The van der Waals surface area contributed by atoms with Crippen LogP contribution < -0.4 is 10.1 Å². The number of ether oxygens (including phenoxy) is 1. The lowest BCUT2D eigenvalue weighted by Gasteiger charge is -2.25. The number of pyridine rings is 1. The molecule has 1 aliphatic rings. The van der Waals surface area contributed by atoms with Gasteiger partial charge in [0.15, 0.2) is 0 Å². The van der Waals surface area contributed by atoms with Crippen LogP contribution in [0.5, 0.6) is 5.75 Å². The van der Waals surface area contributed by atoms with Crippen LogP contribution in [-0.4, -0.2) is 36.1 Å². The van der Waals surface area contributed by atoms with Crippen molar-refractivity contribution in [1.82, 2.24) is 15.2 Å². The zero-order chi connectivity index (χ0) is 24.2. The third-order valence-corrected chi connectivity index (χ3v) is 6.82. The molecule has 1 aliphatic heterocycles. The number of rotatable bonds is 6. The summed E-state index contributed by atoms with van der Waals surface area (Å²) in [5.74, 6) is 0.0604. The van der Waals surface area contributed by atoms with E-state index in [0.29, 0.717) is 16.3 Å². The number of hydrogen-bond acceptors (Lipinski definition) is 4. The molecule has 7 heteroatoms. The predicted molar refractivity (Wildman–Crippen MR) is 138 cm³/mol. The Kier molecular flexibility index (Phi) is 7.77. The molecule has 1 aromatic heterocycles. The van der Waals surface area contributed by atoms with Crippen molar-refractivity contribution in [2.45, 2.75) is 26.4 Å². The highest BCUT2D eigenvalue weighted by Gasteiger charge is 2.20. The van der Waals surface area contributed by atoms with Gasteiger partial charge in [-0.3, -0.25) is 4.98 Å². The van der Waals surface area contributed by atoms with Gasteiger partial charge in [-0.1, -0.05) is 54.0 Å². The maximum absolute atomic E-state index is 14.0. The molecule has 0 spiro atoms. The standard InChI is InChI=1S/C27H28Cl2FN3O/c1-17-25(34-19(3)26-23(28)9-10-24(30)27(26)29)15-22(16-32-17)21-7-5-20(6-8-21)18(2)33-13-4-11-31-12-14-33/h5-10,15-16,19,31H,2,4,11-14H2,1,3H3. The first kappa shape index (κ1) is 24.5. The van der Waals surface area contributed by atoms with Gasteiger partial charge in [-0.2, -0.15) is 0 Å². The molecule has 1 saturated heterocycles. The second-order valence-corrected chi connectivity index (χ2v) is 9.22. The number of nitrogens with one attached hydrogen (secondary N) is 1. The molecule has 2 aromatic carbocycles. The van der Waals surface area contributed by atoms with Crippen molar-refractivity contribution >= 4 is 28.9 Å². The van der Waals surface area contributed by atoms with E-state index in [-0.39, 0.29) is 5.02 Å². The van der Waals surface area contributed by atoms with Crippen LogP contribution in [0.3, 0.4) is 0 Å². The Hall–Kier alpha value is -2.60. The number of nitrogens with zero attached hydrogens (tertiary/aromatic N) is 2. The number of aryl methyl sites for hydroxylation is 1. The molecule has 0 aliphatic carbocycles. The highest BCUT2D eigenvalue weighted by atomic mass is 35.5. The molecule has 34 heavy (non-hydrogen) atoms. The van der Waals surface area contributed by atoms with Crippen LogP contribution in [-0.2, 0) is 0 Å². The highest BCUT2D eigenvalue weighted by molar-refractivity contribution is 6.36. The van der Waals surface area contributed by atoms with Crippen LogP contribution in [0.4, 0.5) is 4.39 Å². The Bertz CT molecular complexity index is 1180. The second kappa shape index (κ2) is 10.8. The average molecular weight is 500 g/mol. The van der Waals surface area contributed by atoms with E-state index in [1.54, 1.807) is 6.92 Å². The van der Waals surface area contributed by atoms with Gasteiger partial charge in [0.1, 0.15) is 17.7 Å². The van der Waals surface area contributed by atoms with Crippen LogP contribution in [0.2, 0.25) is 10.0 Å². The Labute approximate surface area is 210 Å². The topological polar surface area (TPSA) is 37.4 Å². The minimum absolute atomic E-state index is 0.0298. The predicted octanol–water partition coefficient (Wildman–Crippen LogP) is 6.91. The molecular weight excluding hydrogens is 472 g/mol. The lowest BCUT2D eigenvalue weighted by atomic mass is 10.0. The SMILES string of the molecule is C=C(c1ccc(-c2cnc(C)c(OC(C)c3c(Cl)ccc(F)c3Cl)c2)cc1)N1CCCNCC1. The zero-order valence-electron chi connectivity index (χ0n) is 19.4. The smallest absolute Gasteiger partial charge is 0.142 e. The molecule has 0 radical (unpaired) electrons. The summed E-state index contributed by atoms with van der Waals surface area (Å²) in [7, 11) is 0. The first-order valence-corrected chi connectivity index (χ1v) is 12.1. The van der Waals surface area contributed by atoms with Crippen molar-refractivity contribution in [1.29, 1.82) is 0 Å². The van der Waals surface area contributed by atoms with Gasteiger partial charge in [0, 0.05) is 47.7 Å². The highest BCUT2D eigenvalue weighted by Crippen LogP contribution is 2.36. The van der Waals surface area contributed by atoms with E-state index in [0.717, 1.165) is 60.7 Å². The summed E-state index contributed by atoms with van der Waals surface area (Å²) in [5, 5.41) is 3.75. The molecule has 1 atom stereocenters. The number of benzene rings is 2. The minimum Gasteiger partial charge on any atom is -0.484 e. The third kappa shape index (κ3) is 5.38. The Balaban J connectivity index is 1.54. The molecule has 2 heterocycles. The normalized spacial score (nSPS) is 15.0. The average Bonchev–Trinajstić information content (AvgIpc) is 3.12. The fraction of sp³-hybridized carbons (Fsp3) is 0.296. The van der Waals surface area contributed by atoms with Crippen molar-refractivity contribution in [3.63, 3.8) is 0 Å². The molecule has 178 valence electrons. The third-order valence-electron chi connectivity index (χ3n) is 6.10. The van der Waals surface area contributed by atoms with E-state index in [4.69, 9.17) is 27.9 Å². The summed E-state index contributed by atoms with van der Waals surface area (Å²) in [5.41, 5.74) is 5.21. The molecule has 1 unspecified atom stereocenters. The molecule has 0 saturated carbocycles. The molecule has 1 fully saturated rings. The maximum Gasteiger partial charge on any atom is 0.142 e. The van der Waals surface area contributed by atoms with Gasteiger partial charge >= 0.3 is 0 Å².